The van der Waals surface area contributed by atoms with Crippen molar-refractivity contribution in [1.82, 2.24) is 9.80 Å². The molecule has 1 aliphatic heterocycles. The number of carbonyl (C=O) groups excluding carboxylic acids is 1. The summed E-state index contributed by atoms with van der Waals surface area (Å²) in [5, 5.41) is 0. The first kappa shape index (κ1) is 11.9. The summed E-state index contributed by atoms with van der Waals surface area (Å²) in [4.78, 5) is 15.4. The van der Waals surface area contributed by atoms with Gasteiger partial charge in [0, 0.05) is 44.4 Å². The van der Waals surface area contributed by atoms with Crippen LogP contribution in [0, 0.1) is 0 Å². The number of hydrogen-bond donors (Lipinski definition) is 0. The monoisotopic (exact) mass is 230 g/mol. The molecule has 1 fully saturated rings. The van der Waals surface area contributed by atoms with Crippen molar-refractivity contribution in [2.75, 3.05) is 33.2 Å². The average Bonchev–Trinajstić information content (AvgIpc) is 2.31. The summed E-state index contributed by atoms with van der Waals surface area (Å²) in [6.07, 6.45) is 9.43. The maximum atomic E-state index is 10.8. The summed E-state index contributed by atoms with van der Waals surface area (Å²) < 4.78 is 0. The molecule has 0 aromatic heterocycles. The van der Waals surface area contributed by atoms with Crippen LogP contribution in [0.15, 0.2) is 41.3 Å². The lowest BCUT2D eigenvalue weighted by molar-refractivity contribution is -0.105. The normalized spacial score (nSPS) is 27.7. The van der Waals surface area contributed by atoms with E-state index in [1.165, 1.54) is 0 Å². The predicted octanol–water partition coefficient (Wildman–Crippen LogP) is 1.36. The number of rotatable bonds is 2. The lowest BCUT2D eigenvalue weighted by atomic mass is 10.1. The van der Waals surface area contributed by atoms with Gasteiger partial charge in [0.05, 0.1) is 0 Å². The van der Waals surface area contributed by atoms with Crippen LogP contribution in [-0.4, -0.2) is 49.3 Å². The third kappa shape index (κ3) is 3.19. The first-order valence-corrected chi connectivity index (χ1v) is 6.00. The molecule has 1 heterocycles. The van der Waals surface area contributed by atoms with Gasteiger partial charge in [0.25, 0.3) is 0 Å². The van der Waals surface area contributed by atoms with Crippen LogP contribution in [0.25, 0.3) is 0 Å². The molecular formula is C14H18N2O. The van der Waals surface area contributed by atoms with Crippen molar-refractivity contribution in [2.45, 2.75) is 6.42 Å². The molecule has 0 bridgehead atoms. The standard InChI is InChI=1S/C14H18N2O/c1-15-8-10-16(11-9-15)14-5-3-2-4-13(12-17)6-7-14/h2,5-7,12H,4,8-11H2,1H3/b13-6+,14-7+. The lowest BCUT2D eigenvalue weighted by Gasteiger charge is -2.34. The molecular weight excluding hydrogens is 212 g/mol. The van der Waals surface area contributed by atoms with Gasteiger partial charge in [-0.3, -0.25) is 4.79 Å². The summed E-state index contributed by atoms with van der Waals surface area (Å²) in [7, 11) is 2.14. The Morgan fingerprint density at radius 1 is 1.24 bits per heavy atom. The van der Waals surface area contributed by atoms with Crippen molar-refractivity contribution in [3.05, 3.63) is 41.3 Å². The highest BCUT2D eigenvalue weighted by Gasteiger charge is 2.14. The second kappa shape index (κ2) is 5.67. The number of carbonyl (C=O) groups is 1. The molecule has 2 aliphatic rings. The van der Waals surface area contributed by atoms with Gasteiger partial charge in [-0.15, -0.1) is 5.73 Å². The van der Waals surface area contributed by atoms with E-state index in [-0.39, 0.29) is 0 Å². The highest BCUT2D eigenvalue weighted by Crippen LogP contribution is 2.13. The Hall–Kier alpha value is -1.57. The predicted molar refractivity (Wildman–Crippen MR) is 68.6 cm³/mol. The molecule has 2 rings (SSSR count). The Morgan fingerprint density at radius 2 is 2.00 bits per heavy atom. The van der Waals surface area contributed by atoms with Crippen molar-refractivity contribution in [1.29, 1.82) is 0 Å². The summed E-state index contributed by atoms with van der Waals surface area (Å²) >= 11 is 0. The average molecular weight is 230 g/mol. The molecule has 0 aromatic rings. The van der Waals surface area contributed by atoms with Crippen LogP contribution in [0.5, 0.6) is 0 Å². The number of aldehydes is 1. The molecule has 17 heavy (non-hydrogen) atoms. The maximum Gasteiger partial charge on any atom is 0.146 e. The summed E-state index contributed by atoms with van der Waals surface area (Å²) in [6.45, 7) is 4.23. The number of piperazine rings is 1. The molecule has 0 N–H and O–H groups in total. The molecule has 3 heteroatoms. The van der Waals surface area contributed by atoms with E-state index in [0.29, 0.717) is 6.42 Å². The molecule has 0 radical (unpaired) electrons. The molecule has 0 atom stereocenters. The molecule has 3 nitrogen and oxygen atoms in total. The van der Waals surface area contributed by atoms with E-state index in [2.05, 4.69) is 22.6 Å². The fraction of sp³-hybridized carbons (Fsp3) is 0.429. The largest absolute Gasteiger partial charge is 0.368 e. The van der Waals surface area contributed by atoms with Gasteiger partial charge >= 0.3 is 0 Å². The van der Waals surface area contributed by atoms with E-state index in [1.807, 2.05) is 24.3 Å². The van der Waals surface area contributed by atoms with Crippen LogP contribution in [-0.2, 0) is 4.79 Å². The van der Waals surface area contributed by atoms with Gasteiger partial charge < -0.3 is 9.80 Å². The molecule has 0 spiro atoms. The van der Waals surface area contributed by atoms with Crippen LogP contribution in [0.3, 0.4) is 0 Å². The molecule has 0 unspecified atom stereocenters. The van der Waals surface area contributed by atoms with Gasteiger partial charge in [0.1, 0.15) is 6.29 Å². The van der Waals surface area contributed by atoms with Crippen molar-refractivity contribution in [3.63, 3.8) is 0 Å². The highest BCUT2D eigenvalue weighted by atomic mass is 16.1. The third-order valence-corrected chi connectivity index (χ3v) is 3.17. The number of allylic oxidation sites excluding steroid dienone is 4. The second-order valence-electron chi connectivity index (χ2n) is 4.46. The van der Waals surface area contributed by atoms with Gasteiger partial charge in [-0.05, 0) is 24.8 Å². The van der Waals surface area contributed by atoms with E-state index in [9.17, 15) is 4.79 Å². The van der Waals surface area contributed by atoms with E-state index in [1.54, 1.807) is 0 Å². The topological polar surface area (TPSA) is 23.6 Å². The summed E-state index contributed by atoms with van der Waals surface area (Å²) in [5.74, 6) is 0. The number of nitrogens with zero attached hydrogens (tertiary/aromatic N) is 2. The number of likely N-dealkylation sites (N-methyl/N-ethyl adjacent to an activating group) is 1. The SMILES string of the molecule is CN1CCN(/C2=C/C=C(/C=O)CC=C=C2)CC1. The highest BCUT2D eigenvalue weighted by molar-refractivity contribution is 5.74. The van der Waals surface area contributed by atoms with E-state index in [0.717, 1.165) is 43.7 Å². The smallest absolute Gasteiger partial charge is 0.146 e. The zero-order chi connectivity index (χ0) is 12.1. The van der Waals surface area contributed by atoms with E-state index >= 15 is 0 Å². The van der Waals surface area contributed by atoms with Crippen LogP contribution >= 0.6 is 0 Å². The van der Waals surface area contributed by atoms with Crippen LogP contribution in [0.4, 0.5) is 0 Å². The minimum Gasteiger partial charge on any atom is -0.368 e. The van der Waals surface area contributed by atoms with Crippen molar-refractivity contribution in [3.8, 4) is 0 Å². The quantitative estimate of drug-likeness (QED) is 0.528. The molecule has 0 amide bonds. The molecule has 1 saturated heterocycles. The van der Waals surface area contributed by atoms with Crippen molar-refractivity contribution < 1.29 is 4.79 Å². The van der Waals surface area contributed by atoms with Crippen LogP contribution in [0.1, 0.15) is 6.42 Å². The minimum atomic E-state index is 0.673. The van der Waals surface area contributed by atoms with Crippen LogP contribution in [0.2, 0.25) is 0 Å². The molecule has 1 aliphatic carbocycles. The first-order chi connectivity index (χ1) is 8.29. The van der Waals surface area contributed by atoms with Crippen LogP contribution < -0.4 is 0 Å². The zero-order valence-corrected chi connectivity index (χ0v) is 10.2. The third-order valence-electron chi connectivity index (χ3n) is 3.17. The summed E-state index contributed by atoms with van der Waals surface area (Å²) in [6, 6.07) is 0. The Labute approximate surface area is 102 Å². The zero-order valence-electron chi connectivity index (χ0n) is 10.2. The van der Waals surface area contributed by atoms with Crippen molar-refractivity contribution >= 4 is 6.29 Å². The lowest BCUT2D eigenvalue weighted by Crippen LogP contribution is -2.43. The molecule has 0 aromatic carbocycles. The molecule has 0 saturated carbocycles. The first-order valence-electron chi connectivity index (χ1n) is 6.00. The van der Waals surface area contributed by atoms with Crippen molar-refractivity contribution in [2.24, 2.45) is 0 Å². The Balaban J connectivity index is 2.13. The van der Waals surface area contributed by atoms with Gasteiger partial charge in [-0.2, -0.15) is 0 Å². The Bertz CT molecular complexity index is 406. The summed E-state index contributed by atoms with van der Waals surface area (Å²) in [5.41, 5.74) is 5.09. The molecule has 90 valence electrons. The van der Waals surface area contributed by atoms with Gasteiger partial charge in [0.15, 0.2) is 0 Å². The Morgan fingerprint density at radius 3 is 2.71 bits per heavy atom. The van der Waals surface area contributed by atoms with Gasteiger partial charge in [0.2, 0.25) is 0 Å². The second-order valence-corrected chi connectivity index (χ2v) is 4.46. The van der Waals surface area contributed by atoms with Gasteiger partial charge in [-0.1, -0.05) is 6.08 Å². The number of hydrogen-bond acceptors (Lipinski definition) is 3. The maximum absolute atomic E-state index is 10.8. The Kier molecular flexibility index (Phi) is 3.97. The van der Waals surface area contributed by atoms with E-state index < -0.39 is 0 Å². The van der Waals surface area contributed by atoms with E-state index in [4.69, 9.17) is 0 Å². The van der Waals surface area contributed by atoms with Gasteiger partial charge in [-0.25, -0.2) is 0 Å². The minimum absolute atomic E-state index is 0.673. The fourth-order valence-corrected chi connectivity index (χ4v) is 1.98. The fourth-order valence-electron chi connectivity index (χ4n) is 1.98.